The molecule has 0 bridgehead atoms. The molecule has 19 heavy (non-hydrogen) atoms. The largest absolute Gasteiger partial charge is 0.345 e. The van der Waals surface area contributed by atoms with E-state index in [2.05, 4.69) is 35.0 Å². The zero-order valence-electron chi connectivity index (χ0n) is 12.7. The molecule has 1 aromatic rings. The molecule has 2 rings (SSSR count). The summed E-state index contributed by atoms with van der Waals surface area (Å²) in [7, 11) is 4.17. The Morgan fingerprint density at radius 1 is 1.37 bits per heavy atom. The highest BCUT2D eigenvalue weighted by molar-refractivity contribution is 5.33. The normalized spacial score (nSPS) is 16.8. The van der Waals surface area contributed by atoms with Crippen molar-refractivity contribution >= 4 is 5.95 Å². The first-order valence-electron chi connectivity index (χ1n) is 7.63. The van der Waals surface area contributed by atoms with Crippen LogP contribution in [0.2, 0.25) is 0 Å². The zero-order valence-corrected chi connectivity index (χ0v) is 12.7. The van der Waals surface area contributed by atoms with Crippen molar-refractivity contribution in [3.05, 3.63) is 11.9 Å². The molecule has 0 unspecified atom stereocenters. The molecule has 1 aromatic heterocycles. The third-order valence-corrected chi connectivity index (χ3v) is 4.06. The number of aromatic nitrogens is 2. The maximum Gasteiger partial charge on any atom is 0.205 e. The fraction of sp³-hybridized carbons (Fsp3) is 0.800. The number of rotatable bonds is 6. The molecule has 1 aliphatic carbocycles. The lowest BCUT2D eigenvalue weighted by Crippen LogP contribution is -2.26. The molecule has 0 aromatic carbocycles. The standard InChI is InChI=1S/C15H28N4/c1-13-12-19(14-8-5-4-6-9-14)15(17-13)18(3)11-7-10-16-2/h12,14,16H,4-11H2,1-3H3. The van der Waals surface area contributed by atoms with Gasteiger partial charge in [0, 0.05) is 25.8 Å². The summed E-state index contributed by atoms with van der Waals surface area (Å²) in [6, 6.07) is 0.664. The molecule has 0 spiro atoms. The molecule has 0 radical (unpaired) electrons. The van der Waals surface area contributed by atoms with Gasteiger partial charge in [-0.1, -0.05) is 19.3 Å². The van der Waals surface area contributed by atoms with Crippen molar-refractivity contribution in [1.82, 2.24) is 14.9 Å². The molecule has 4 heteroatoms. The maximum absolute atomic E-state index is 4.73. The highest BCUT2D eigenvalue weighted by atomic mass is 15.3. The topological polar surface area (TPSA) is 33.1 Å². The summed E-state index contributed by atoms with van der Waals surface area (Å²) in [6.45, 7) is 4.22. The van der Waals surface area contributed by atoms with E-state index in [1.807, 2.05) is 7.05 Å². The Hall–Kier alpha value is -1.03. The Bertz CT molecular complexity index is 379. The molecule has 4 nitrogen and oxygen atoms in total. The Labute approximate surface area is 117 Å². The van der Waals surface area contributed by atoms with E-state index in [1.165, 1.54) is 32.1 Å². The fourth-order valence-corrected chi connectivity index (χ4v) is 3.01. The number of anilines is 1. The summed E-state index contributed by atoms with van der Waals surface area (Å²) >= 11 is 0. The van der Waals surface area contributed by atoms with Gasteiger partial charge in [0.15, 0.2) is 0 Å². The summed E-state index contributed by atoms with van der Waals surface area (Å²) in [5, 5.41) is 3.20. The molecule has 108 valence electrons. The maximum atomic E-state index is 4.73. The minimum Gasteiger partial charge on any atom is -0.345 e. The summed E-state index contributed by atoms with van der Waals surface area (Å²) in [5.74, 6) is 1.15. The first-order chi connectivity index (χ1) is 9.22. The van der Waals surface area contributed by atoms with E-state index in [1.54, 1.807) is 0 Å². The van der Waals surface area contributed by atoms with E-state index in [0.29, 0.717) is 6.04 Å². The zero-order chi connectivity index (χ0) is 13.7. The van der Waals surface area contributed by atoms with Crippen molar-refractivity contribution in [2.24, 2.45) is 0 Å². The SMILES string of the molecule is CNCCCN(C)c1nc(C)cn1C1CCCCC1. The quantitative estimate of drug-likeness (QED) is 0.802. The van der Waals surface area contributed by atoms with Crippen LogP contribution >= 0.6 is 0 Å². The Kier molecular flexibility index (Phi) is 5.25. The first kappa shape index (κ1) is 14.4. The van der Waals surface area contributed by atoms with Crippen molar-refractivity contribution in [2.75, 3.05) is 32.1 Å². The number of nitrogens with one attached hydrogen (secondary N) is 1. The van der Waals surface area contributed by atoms with Gasteiger partial charge in [0.2, 0.25) is 5.95 Å². The van der Waals surface area contributed by atoms with Gasteiger partial charge in [0.05, 0.1) is 5.69 Å². The van der Waals surface area contributed by atoms with Gasteiger partial charge in [-0.05, 0) is 39.8 Å². The van der Waals surface area contributed by atoms with E-state index in [-0.39, 0.29) is 0 Å². The molecule has 0 amide bonds. The summed E-state index contributed by atoms with van der Waals surface area (Å²) in [5.41, 5.74) is 1.14. The van der Waals surface area contributed by atoms with Gasteiger partial charge >= 0.3 is 0 Å². The third kappa shape index (κ3) is 3.72. The average molecular weight is 264 g/mol. The van der Waals surface area contributed by atoms with Gasteiger partial charge in [-0.2, -0.15) is 0 Å². The summed E-state index contributed by atoms with van der Waals surface area (Å²) < 4.78 is 2.42. The molecule has 1 N–H and O–H groups in total. The Morgan fingerprint density at radius 2 is 2.11 bits per heavy atom. The van der Waals surface area contributed by atoms with Crippen molar-refractivity contribution in [2.45, 2.75) is 51.5 Å². The van der Waals surface area contributed by atoms with Crippen LogP contribution in [0, 0.1) is 6.92 Å². The van der Waals surface area contributed by atoms with Gasteiger partial charge in [0.1, 0.15) is 0 Å². The van der Waals surface area contributed by atoms with Crippen LogP contribution in [0.15, 0.2) is 6.20 Å². The van der Waals surface area contributed by atoms with Crippen LogP contribution in [-0.2, 0) is 0 Å². The molecule has 1 fully saturated rings. The smallest absolute Gasteiger partial charge is 0.205 e. The highest BCUT2D eigenvalue weighted by Gasteiger charge is 2.20. The van der Waals surface area contributed by atoms with Crippen LogP contribution in [0.25, 0.3) is 0 Å². The number of nitrogens with zero attached hydrogens (tertiary/aromatic N) is 3. The summed E-state index contributed by atoms with van der Waals surface area (Å²) in [6.07, 6.45) is 10.1. The Morgan fingerprint density at radius 3 is 2.79 bits per heavy atom. The Balaban J connectivity index is 2.06. The average Bonchev–Trinajstić information content (AvgIpc) is 2.82. The van der Waals surface area contributed by atoms with E-state index in [0.717, 1.165) is 31.2 Å². The molecule has 1 saturated carbocycles. The van der Waals surface area contributed by atoms with Crippen LogP contribution in [0.3, 0.4) is 0 Å². The van der Waals surface area contributed by atoms with Crippen LogP contribution in [0.1, 0.15) is 50.3 Å². The molecule has 1 aliphatic rings. The number of hydrogen-bond acceptors (Lipinski definition) is 3. The first-order valence-corrected chi connectivity index (χ1v) is 7.63. The predicted octanol–water partition coefficient (Wildman–Crippen LogP) is 2.74. The lowest BCUT2D eigenvalue weighted by molar-refractivity contribution is 0.353. The van der Waals surface area contributed by atoms with E-state index in [4.69, 9.17) is 4.98 Å². The molecule has 0 saturated heterocycles. The molecular formula is C15H28N4. The third-order valence-electron chi connectivity index (χ3n) is 4.06. The molecule has 0 atom stereocenters. The predicted molar refractivity (Wildman–Crippen MR) is 80.9 cm³/mol. The number of imidazole rings is 1. The van der Waals surface area contributed by atoms with Crippen LogP contribution in [-0.4, -0.2) is 36.7 Å². The van der Waals surface area contributed by atoms with Crippen LogP contribution in [0.5, 0.6) is 0 Å². The highest BCUT2D eigenvalue weighted by Crippen LogP contribution is 2.31. The van der Waals surface area contributed by atoms with Gasteiger partial charge in [-0.25, -0.2) is 4.98 Å². The second-order valence-electron chi connectivity index (χ2n) is 5.76. The lowest BCUT2D eigenvalue weighted by atomic mass is 9.95. The van der Waals surface area contributed by atoms with Gasteiger partial charge in [0.25, 0.3) is 0 Å². The minimum atomic E-state index is 0.664. The summed E-state index contributed by atoms with van der Waals surface area (Å²) in [4.78, 5) is 7.04. The van der Waals surface area contributed by atoms with Crippen molar-refractivity contribution < 1.29 is 0 Å². The lowest BCUT2D eigenvalue weighted by Gasteiger charge is -2.27. The number of aryl methyl sites for hydroxylation is 1. The van der Waals surface area contributed by atoms with Crippen molar-refractivity contribution in [1.29, 1.82) is 0 Å². The van der Waals surface area contributed by atoms with Gasteiger partial charge in [-0.15, -0.1) is 0 Å². The molecular weight excluding hydrogens is 236 g/mol. The van der Waals surface area contributed by atoms with Gasteiger partial charge in [-0.3, -0.25) is 0 Å². The number of hydrogen-bond donors (Lipinski definition) is 1. The van der Waals surface area contributed by atoms with E-state index in [9.17, 15) is 0 Å². The van der Waals surface area contributed by atoms with Crippen molar-refractivity contribution in [3.8, 4) is 0 Å². The monoisotopic (exact) mass is 264 g/mol. The fourth-order valence-electron chi connectivity index (χ4n) is 3.01. The van der Waals surface area contributed by atoms with Crippen LogP contribution in [0.4, 0.5) is 5.95 Å². The molecule has 0 aliphatic heterocycles. The van der Waals surface area contributed by atoms with E-state index >= 15 is 0 Å². The van der Waals surface area contributed by atoms with Gasteiger partial charge < -0.3 is 14.8 Å². The second-order valence-corrected chi connectivity index (χ2v) is 5.76. The van der Waals surface area contributed by atoms with Crippen molar-refractivity contribution in [3.63, 3.8) is 0 Å². The van der Waals surface area contributed by atoms with Crippen LogP contribution < -0.4 is 10.2 Å². The van der Waals surface area contributed by atoms with E-state index < -0.39 is 0 Å². The molecule has 1 heterocycles. The second kappa shape index (κ2) is 6.94. The minimum absolute atomic E-state index is 0.664.